The minimum Gasteiger partial charge on any atom is -0.480 e. The van der Waals surface area contributed by atoms with Gasteiger partial charge in [-0.15, -0.1) is 0 Å². The van der Waals surface area contributed by atoms with Crippen molar-refractivity contribution in [2.45, 2.75) is 30.4 Å². The second kappa shape index (κ2) is 6.50. The lowest BCUT2D eigenvalue weighted by Crippen LogP contribution is -2.54. The van der Waals surface area contributed by atoms with Crippen LogP contribution in [0.2, 0.25) is 0 Å². The predicted molar refractivity (Wildman–Crippen MR) is 72.5 cm³/mol. The van der Waals surface area contributed by atoms with Gasteiger partial charge in [0.25, 0.3) is 0 Å². The minimum absolute atomic E-state index is 0.209. The van der Waals surface area contributed by atoms with E-state index in [9.17, 15) is 20.1 Å². The second-order valence-electron chi connectivity index (χ2n) is 5.19. The number of hydrogen-bond acceptors (Lipinski definition) is 6. The largest absolute Gasteiger partial charge is 0.480 e. The van der Waals surface area contributed by atoms with Crippen LogP contribution < -0.4 is 5.32 Å². The van der Waals surface area contributed by atoms with Gasteiger partial charge in [0.15, 0.2) is 0 Å². The van der Waals surface area contributed by atoms with Crippen molar-refractivity contribution < 1.29 is 30.0 Å². The molecule has 1 fully saturated rings. The maximum absolute atomic E-state index is 11.3. The van der Waals surface area contributed by atoms with E-state index in [2.05, 4.69) is 5.32 Å². The van der Waals surface area contributed by atoms with E-state index in [4.69, 9.17) is 9.84 Å². The van der Waals surface area contributed by atoms with Gasteiger partial charge in [0.05, 0.1) is 13.2 Å². The van der Waals surface area contributed by atoms with Crippen LogP contribution in [0.3, 0.4) is 0 Å². The molecule has 0 aromatic heterocycles. The monoisotopic (exact) mass is 297 g/mol. The first-order valence-electron chi connectivity index (χ1n) is 6.62. The maximum Gasteiger partial charge on any atom is 0.321 e. The Kier molecular flexibility index (Phi) is 4.92. The Labute approximate surface area is 121 Å². The summed E-state index contributed by atoms with van der Waals surface area (Å²) in [6, 6.07) is 8.06. The lowest BCUT2D eigenvalue weighted by Gasteiger charge is -2.26. The number of aliphatic hydroxyl groups excluding tert-OH is 2. The molecule has 4 unspecified atom stereocenters. The van der Waals surface area contributed by atoms with E-state index >= 15 is 0 Å². The number of hydrogen-bond donors (Lipinski definition) is 5. The van der Waals surface area contributed by atoms with E-state index < -0.39 is 36.6 Å². The predicted octanol–water partition coefficient (Wildman–Crippen LogP) is -1.29. The molecule has 2 rings (SSSR count). The van der Waals surface area contributed by atoms with Crippen molar-refractivity contribution >= 4 is 5.97 Å². The van der Waals surface area contributed by atoms with Crippen LogP contribution in [0, 0.1) is 0 Å². The summed E-state index contributed by atoms with van der Waals surface area (Å²) in [5.41, 5.74) is -0.949. The molecule has 0 saturated carbocycles. The number of carbonyl (C=O) groups is 1. The van der Waals surface area contributed by atoms with Gasteiger partial charge >= 0.3 is 5.97 Å². The average molecular weight is 297 g/mol. The van der Waals surface area contributed by atoms with Crippen molar-refractivity contribution in [1.82, 2.24) is 5.32 Å². The summed E-state index contributed by atoms with van der Waals surface area (Å²) in [5.74, 6) is -1.09. The average Bonchev–Trinajstić information content (AvgIpc) is 2.76. The van der Waals surface area contributed by atoms with Gasteiger partial charge in [-0.3, -0.25) is 10.1 Å². The van der Waals surface area contributed by atoms with Crippen LogP contribution in [-0.2, 0) is 16.0 Å². The standard InChI is InChI=1S/C14H19NO6/c16-7-14(20)8-21-12(11(14)17)15-10(13(18)19)6-9-4-2-1-3-5-9/h1-5,10-12,15-17,20H,6-8H2,(H,18,19). The van der Waals surface area contributed by atoms with E-state index in [1.807, 2.05) is 6.07 Å². The smallest absolute Gasteiger partial charge is 0.321 e. The lowest BCUT2D eigenvalue weighted by atomic mass is 9.99. The molecule has 5 N–H and O–H groups in total. The van der Waals surface area contributed by atoms with Crippen LogP contribution >= 0.6 is 0 Å². The van der Waals surface area contributed by atoms with E-state index in [0.717, 1.165) is 5.56 Å². The zero-order valence-corrected chi connectivity index (χ0v) is 11.3. The van der Waals surface area contributed by atoms with Crippen molar-refractivity contribution in [1.29, 1.82) is 0 Å². The molecule has 1 saturated heterocycles. The molecule has 0 amide bonds. The van der Waals surface area contributed by atoms with Gasteiger partial charge in [0.2, 0.25) is 0 Å². The van der Waals surface area contributed by atoms with Gasteiger partial charge < -0.3 is 25.2 Å². The summed E-state index contributed by atoms with van der Waals surface area (Å²) < 4.78 is 5.16. The lowest BCUT2D eigenvalue weighted by molar-refractivity contribution is -0.141. The Morgan fingerprint density at radius 2 is 2.10 bits per heavy atom. The summed E-state index contributed by atoms with van der Waals surface area (Å²) in [7, 11) is 0. The number of nitrogens with one attached hydrogen (secondary N) is 1. The molecule has 0 radical (unpaired) electrons. The van der Waals surface area contributed by atoms with Crippen molar-refractivity contribution in [2.24, 2.45) is 0 Å². The van der Waals surface area contributed by atoms with Gasteiger partial charge in [-0.2, -0.15) is 0 Å². The fraction of sp³-hybridized carbons (Fsp3) is 0.500. The van der Waals surface area contributed by atoms with Crippen LogP contribution in [0.25, 0.3) is 0 Å². The highest BCUT2D eigenvalue weighted by molar-refractivity contribution is 5.74. The van der Waals surface area contributed by atoms with Crippen LogP contribution in [-0.4, -0.2) is 63.6 Å². The summed E-state index contributed by atoms with van der Waals surface area (Å²) in [5, 5.41) is 40.8. The molecule has 1 aromatic carbocycles. The Balaban J connectivity index is 2.03. The van der Waals surface area contributed by atoms with Gasteiger partial charge in [-0.05, 0) is 12.0 Å². The SMILES string of the molecule is O=C(O)C(Cc1ccccc1)NC1OCC(O)(CO)C1O. The normalized spacial score (nSPS) is 30.2. The third kappa shape index (κ3) is 3.58. The van der Waals surface area contributed by atoms with Crippen LogP contribution in [0.4, 0.5) is 0 Å². The zero-order valence-electron chi connectivity index (χ0n) is 11.3. The van der Waals surface area contributed by atoms with Gasteiger partial charge in [0.1, 0.15) is 24.0 Å². The molecular weight excluding hydrogens is 278 g/mol. The molecule has 1 aliphatic rings. The van der Waals surface area contributed by atoms with Crippen molar-refractivity contribution in [3.8, 4) is 0 Å². The molecular formula is C14H19NO6. The molecule has 7 heteroatoms. The molecule has 0 aliphatic carbocycles. The molecule has 1 aromatic rings. The van der Waals surface area contributed by atoms with Gasteiger partial charge in [-0.1, -0.05) is 30.3 Å². The molecule has 4 atom stereocenters. The Bertz CT molecular complexity index is 482. The molecule has 1 heterocycles. The van der Waals surface area contributed by atoms with Gasteiger partial charge in [-0.25, -0.2) is 0 Å². The Morgan fingerprint density at radius 1 is 1.43 bits per heavy atom. The molecule has 1 aliphatic heterocycles. The number of carboxylic acids is 1. The number of ether oxygens (including phenoxy) is 1. The number of aliphatic carboxylic acids is 1. The van der Waals surface area contributed by atoms with Crippen LogP contribution in [0.15, 0.2) is 30.3 Å². The maximum atomic E-state index is 11.3. The Hall–Kier alpha value is -1.51. The Morgan fingerprint density at radius 3 is 2.62 bits per heavy atom. The molecule has 21 heavy (non-hydrogen) atoms. The third-order valence-electron chi connectivity index (χ3n) is 3.57. The van der Waals surface area contributed by atoms with Crippen LogP contribution in [0.5, 0.6) is 0 Å². The molecule has 116 valence electrons. The van der Waals surface area contributed by atoms with E-state index in [1.54, 1.807) is 24.3 Å². The van der Waals surface area contributed by atoms with Crippen LogP contribution in [0.1, 0.15) is 5.56 Å². The molecule has 0 bridgehead atoms. The number of benzene rings is 1. The van der Waals surface area contributed by atoms with E-state index in [0.29, 0.717) is 0 Å². The zero-order chi connectivity index (χ0) is 15.5. The molecule has 0 spiro atoms. The number of carboxylic acid groups (broad SMARTS) is 1. The number of rotatable bonds is 6. The summed E-state index contributed by atoms with van der Waals surface area (Å²) in [4.78, 5) is 11.3. The van der Waals surface area contributed by atoms with Crippen molar-refractivity contribution in [2.75, 3.05) is 13.2 Å². The molecule has 7 nitrogen and oxygen atoms in total. The quantitative estimate of drug-likeness (QED) is 0.443. The first kappa shape index (κ1) is 15.9. The highest BCUT2D eigenvalue weighted by Crippen LogP contribution is 2.23. The fourth-order valence-electron chi connectivity index (χ4n) is 2.24. The highest BCUT2D eigenvalue weighted by atomic mass is 16.6. The fourth-order valence-corrected chi connectivity index (χ4v) is 2.24. The highest BCUT2D eigenvalue weighted by Gasteiger charge is 2.48. The van der Waals surface area contributed by atoms with Crippen molar-refractivity contribution in [3.63, 3.8) is 0 Å². The first-order valence-corrected chi connectivity index (χ1v) is 6.62. The topological polar surface area (TPSA) is 119 Å². The summed E-state index contributed by atoms with van der Waals surface area (Å²) in [6.07, 6.45) is -2.24. The minimum atomic E-state index is -1.77. The van der Waals surface area contributed by atoms with Crippen molar-refractivity contribution in [3.05, 3.63) is 35.9 Å². The first-order chi connectivity index (χ1) is 9.96. The summed E-state index contributed by atoms with van der Waals surface area (Å²) >= 11 is 0. The second-order valence-corrected chi connectivity index (χ2v) is 5.19. The van der Waals surface area contributed by atoms with E-state index in [1.165, 1.54) is 0 Å². The van der Waals surface area contributed by atoms with E-state index in [-0.39, 0.29) is 13.0 Å². The van der Waals surface area contributed by atoms with Gasteiger partial charge in [0, 0.05) is 0 Å². The summed E-state index contributed by atoms with van der Waals surface area (Å²) in [6.45, 7) is -0.928. The number of aliphatic hydroxyl groups is 3. The third-order valence-corrected chi connectivity index (χ3v) is 3.57.